The third kappa shape index (κ3) is 6.48. The van der Waals surface area contributed by atoms with Crippen LogP contribution in [0.4, 0.5) is 10.2 Å². The topological polar surface area (TPSA) is 119 Å². The van der Waals surface area contributed by atoms with Gasteiger partial charge in [-0.15, -0.1) is 0 Å². The summed E-state index contributed by atoms with van der Waals surface area (Å²) < 4.78 is 17.9. The first-order valence-electron chi connectivity index (χ1n) is 14.7. The molecule has 0 radical (unpaired) electrons. The number of fused-ring (bicyclic) bond motifs is 1. The molecule has 12 heteroatoms. The van der Waals surface area contributed by atoms with Gasteiger partial charge in [-0.25, -0.2) is 18.9 Å². The van der Waals surface area contributed by atoms with E-state index in [0.29, 0.717) is 35.6 Å². The number of hydrogen-bond donors (Lipinski definition) is 1. The molecular weight excluding hydrogens is 547 g/mol. The molecule has 1 aromatic carbocycles. The van der Waals surface area contributed by atoms with Crippen LogP contribution in [0.5, 0.6) is 0 Å². The van der Waals surface area contributed by atoms with Crippen molar-refractivity contribution in [3.05, 3.63) is 60.4 Å². The van der Waals surface area contributed by atoms with Crippen molar-refractivity contribution < 1.29 is 9.18 Å². The predicted octanol–water partition coefficient (Wildman–Crippen LogP) is 3.45. The molecule has 2 aliphatic rings. The van der Waals surface area contributed by atoms with Crippen molar-refractivity contribution in [2.24, 2.45) is 0 Å². The van der Waals surface area contributed by atoms with E-state index < -0.39 is 5.82 Å². The monoisotopic (exact) mass is 582 g/mol. The first kappa shape index (κ1) is 28.6. The number of nitriles is 1. The molecule has 0 aliphatic carbocycles. The zero-order valence-corrected chi connectivity index (χ0v) is 24.3. The second-order valence-corrected chi connectivity index (χ2v) is 11.3. The molecule has 1 atom stereocenters. The third-order valence-electron chi connectivity index (χ3n) is 8.21. The van der Waals surface area contributed by atoms with Gasteiger partial charge in [-0.3, -0.25) is 14.7 Å². The molecule has 2 aliphatic heterocycles. The first-order chi connectivity index (χ1) is 21.0. The quantitative estimate of drug-likeness (QED) is 0.350. The first-order valence-corrected chi connectivity index (χ1v) is 14.7. The van der Waals surface area contributed by atoms with Crippen molar-refractivity contribution in [3.8, 4) is 28.7 Å². The Morgan fingerprint density at radius 3 is 2.79 bits per heavy atom. The number of aromatic nitrogens is 5. The van der Waals surface area contributed by atoms with Crippen LogP contribution in [0, 0.1) is 17.1 Å². The largest absolute Gasteiger partial charge is 0.363 e. The summed E-state index contributed by atoms with van der Waals surface area (Å²) in [6, 6.07) is 9.61. The SMILES string of the molecule is CN1CCCN(Cc2ccc(-c3nc(-c4cnn5ccncc45)nc(N[C@@H]4CCCN(C(=O)CC#N)C4)c3F)cc2)CC1. The van der Waals surface area contributed by atoms with Gasteiger partial charge in [0.2, 0.25) is 5.91 Å². The van der Waals surface area contributed by atoms with Gasteiger partial charge >= 0.3 is 0 Å². The Balaban J connectivity index is 1.31. The number of halogens is 1. The number of piperidine rings is 1. The van der Waals surface area contributed by atoms with Crippen molar-refractivity contribution in [2.75, 3.05) is 51.6 Å². The number of amides is 1. The van der Waals surface area contributed by atoms with Crippen molar-refractivity contribution >= 4 is 17.2 Å². The highest BCUT2D eigenvalue weighted by Gasteiger charge is 2.26. The van der Waals surface area contributed by atoms with Crippen LogP contribution in [0.1, 0.15) is 31.2 Å². The van der Waals surface area contributed by atoms with Crippen LogP contribution >= 0.6 is 0 Å². The van der Waals surface area contributed by atoms with Gasteiger partial charge < -0.3 is 15.1 Å². The average Bonchev–Trinajstić information content (AvgIpc) is 3.35. The number of benzene rings is 1. The van der Waals surface area contributed by atoms with E-state index in [4.69, 9.17) is 10.2 Å². The lowest BCUT2D eigenvalue weighted by Gasteiger charge is -2.33. The summed E-state index contributed by atoms with van der Waals surface area (Å²) in [5.74, 6) is -0.375. The van der Waals surface area contributed by atoms with Crippen molar-refractivity contribution in [1.29, 1.82) is 5.26 Å². The van der Waals surface area contributed by atoms with E-state index in [1.165, 1.54) is 5.56 Å². The van der Waals surface area contributed by atoms with Gasteiger partial charge in [0.15, 0.2) is 17.5 Å². The lowest BCUT2D eigenvalue weighted by Crippen LogP contribution is -2.45. The zero-order chi connectivity index (χ0) is 29.8. The number of hydrogen-bond acceptors (Lipinski definition) is 9. The van der Waals surface area contributed by atoms with Crippen LogP contribution in [0.15, 0.2) is 49.1 Å². The molecule has 6 rings (SSSR count). The van der Waals surface area contributed by atoms with E-state index in [1.54, 1.807) is 34.2 Å². The van der Waals surface area contributed by atoms with Crippen LogP contribution in [-0.4, -0.2) is 97.5 Å². The minimum Gasteiger partial charge on any atom is -0.363 e. The van der Waals surface area contributed by atoms with Gasteiger partial charge in [0.25, 0.3) is 0 Å². The van der Waals surface area contributed by atoms with E-state index >= 15 is 4.39 Å². The minimum absolute atomic E-state index is 0.0700. The zero-order valence-electron chi connectivity index (χ0n) is 24.3. The predicted molar refractivity (Wildman–Crippen MR) is 160 cm³/mol. The molecule has 4 aromatic rings. The smallest absolute Gasteiger partial charge is 0.236 e. The molecule has 1 amide bonds. The Hall–Kier alpha value is -4.47. The Morgan fingerprint density at radius 2 is 1.95 bits per heavy atom. The van der Waals surface area contributed by atoms with E-state index in [1.807, 2.05) is 30.3 Å². The second-order valence-electron chi connectivity index (χ2n) is 11.3. The molecule has 11 nitrogen and oxygen atoms in total. The number of carbonyl (C=O) groups is 1. The fourth-order valence-electron chi connectivity index (χ4n) is 5.84. The Labute approximate surface area is 250 Å². The number of carbonyl (C=O) groups excluding carboxylic acids is 1. The molecule has 0 spiro atoms. The number of nitrogens with zero attached hydrogens (tertiary/aromatic N) is 9. The molecule has 1 N–H and O–H groups in total. The molecule has 0 unspecified atom stereocenters. The third-order valence-corrected chi connectivity index (χ3v) is 8.21. The number of likely N-dealkylation sites (N-methyl/N-ethyl adjacent to an activating group) is 1. The van der Waals surface area contributed by atoms with Crippen LogP contribution in [-0.2, 0) is 11.3 Å². The lowest BCUT2D eigenvalue weighted by molar-refractivity contribution is -0.131. The lowest BCUT2D eigenvalue weighted by atomic mass is 10.0. The van der Waals surface area contributed by atoms with Crippen LogP contribution in [0.25, 0.3) is 28.2 Å². The van der Waals surface area contributed by atoms with Crippen molar-refractivity contribution in [2.45, 2.75) is 38.3 Å². The summed E-state index contributed by atoms with van der Waals surface area (Å²) in [5, 5.41) is 16.6. The van der Waals surface area contributed by atoms with Gasteiger partial charge in [-0.05, 0) is 45.0 Å². The van der Waals surface area contributed by atoms with Gasteiger partial charge in [0, 0.05) is 56.7 Å². The van der Waals surface area contributed by atoms with E-state index in [2.05, 4.69) is 37.2 Å². The molecule has 5 heterocycles. The van der Waals surface area contributed by atoms with Gasteiger partial charge in [0.1, 0.15) is 12.1 Å². The summed E-state index contributed by atoms with van der Waals surface area (Å²) in [4.78, 5) is 32.4. The normalized spacial score (nSPS) is 18.3. The van der Waals surface area contributed by atoms with Gasteiger partial charge in [-0.1, -0.05) is 24.3 Å². The highest BCUT2D eigenvalue weighted by atomic mass is 19.1. The molecule has 2 fully saturated rings. The number of likely N-dealkylation sites (tertiary alicyclic amines) is 1. The highest BCUT2D eigenvalue weighted by Crippen LogP contribution is 2.31. The standard InChI is InChI=1S/C31H35FN10O/c1-39-12-3-13-40(17-16-39)20-22-5-7-23(8-6-22)29-28(32)31(36-24-4-2-14-41(21-24)27(43)9-10-33)38-30(37-29)25-18-35-42-15-11-34-19-26(25)42/h5-8,11,15,18-19,24H,2-4,9,12-14,16-17,20-21H2,1H3,(H,36,37,38)/t24-/m1/s1. The van der Waals surface area contributed by atoms with Crippen LogP contribution in [0.3, 0.4) is 0 Å². The van der Waals surface area contributed by atoms with Crippen molar-refractivity contribution in [3.63, 3.8) is 0 Å². The number of rotatable bonds is 7. The Morgan fingerprint density at radius 1 is 1.09 bits per heavy atom. The minimum atomic E-state index is -0.554. The number of anilines is 1. The molecule has 3 aromatic heterocycles. The van der Waals surface area contributed by atoms with E-state index in [0.717, 1.165) is 52.0 Å². The van der Waals surface area contributed by atoms with Gasteiger partial charge in [-0.2, -0.15) is 10.4 Å². The second kappa shape index (κ2) is 12.8. The van der Waals surface area contributed by atoms with Crippen LogP contribution in [0.2, 0.25) is 0 Å². The highest BCUT2D eigenvalue weighted by molar-refractivity contribution is 5.79. The summed E-state index contributed by atoms with van der Waals surface area (Å²) in [6.45, 7) is 6.03. The summed E-state index contributed by atoms with van der Waals surface area (Å²) >= 11 is 0. The number of nitrogens with one attached hydrogen (secondary N) is 1. The van der Waals surface area contributed by atoms with E-state index in [9.17, 15) is 4.79 Å². The molecule has 2 saturated heterocycles. The molecule has 43 heavy (non-hydrogen) atoms. The Bertz CT molecular complexity index is 1630. The summed E-state index contributed by atoms with van der Waals surface area (Å²) in [6.07, 6.45) is 9.17. The maximum Gasteiger partial charge on any atom is 0.236 e. The summed E-state index contributed by atoms with van der Waals surface area (Å²) in [5.41, 5.74) is 3.34. The Kier molecular flexibility index (Phi) is 8.53. The molecule has 0 bridgehead atoms. The van der Waals surface area contributed by atoms with Crippen molar-refractivity contribution in [1.82, 2.24) is 39.3 Å². The maximum atomic E-state index is 16.2. The maximum absolute atomic E-state index is 16.2. The molecule has 222 valence electrons. The molecule has 0 saturated carbocycles. The van der Waals surface area contributed by atoms with Crippen LogP contribution < -0.4 is 5.32 Å². The molecular formula is C31H35FN10O. The average molecular weight is 583 g/mol. The fraction of sp³-hybridized carbons (Fsp3) is 0.419. The van der Waals surface area contributed by atoms with E-state index in [-0.39, 0.29) is 29.9 Å². The summed E-state index contributed by atoms with van der Waals surface area (Å²) in [7, 11) is 2.16. The van der Waals surface area contributed by atoms with Gasteiger partial charge in [0.05, 0.1) is 29.5 Å². The fourth-order valence-corrected chi connectivity index (χ4v) is 5.84.